The number of hydrogen-bond donors (Lipinski definition) is 2. The molecule has 2 amide bonds. The highest BCUT2D eigenvalue weighted by Gasteiger charge is 2.23. The summed E-state index contributed by atoms with van der Waals surface area (Å²) in [4.78, 5) is 25.2. The maximum atomic E-state index is 12.8. The van der Waals surface area contributed by atoms with Crippen molar-refractivity contribution in [3.05, 3.63) is 78.9 Å². The number of benzene rings is 2. The number of urea groups is 1. The van der Waals surface area contributed by atoms with E-state index in [2.05, 4.69) is 30.0 Å². The molecule has 35 heavy (non-hydrogen) atoms. The molecule has 180 valence electrons. The van der Waals surface area contributed by atoms with Crippen molar-refractivity contribution < 1.29 is 13.2 Å². The van der Waals surface area contributed by atoms with Crippen LogP contribution in [0.5, 0.6) is 0 Å². The van der Waals surface area contributed by atoms with Crippen molar-refractivity contribution in [2.45, 2.75) is 11.4 Å². The molecule has 1 aliphatic rings. The number of hydrogen-bond acceptors (Lipinski definition) is 7. The summed E-state index contributed by atoms with van der Waals surface area (Å²) in [5, 5.41) is 7.15. The van der Waals surface area contributed by atoms with E-state index in [-0.39, 0.29) is 17.5 Å². The molecule has 1 aliphatic heterocycles. The lowest BCUT2D eigenvalue weighted by molar-refractivity contribution is 0.193. The van der Waals surface area contributed by atoms with Gasteiger partial charge in [0.2, 0.25) is 0 Å². The van der Waals surface area contributed by atoms with Gasteiger partial charge in [-0.1, -0.05) is 36.4 Å². The van der Waals surface area contributed by atoms with Gasteiger partial charge in [-0.3, -0.25) is 9.71 Å². The van der Waals surface area contributed by atoms with E-state index >= 15 is 0 Å². The number of nitrogens with one attached hydrogen (secondary N) is 2. The summed E-state index contributed by atoms with van der Waals surface area (Å²) in [5.41, 5.74) is 1.77. The zero-order chi connectivity index (χ0) is 24.3. The third-order valence-electron chi connectivity index (χ3n) is 5.81. The highest BCUT2D eigenvalue weighted by atomic mass is 32.2. The minimum Gasteiger partial charge on any atom is -0.352 e. The molecular formula is C23H24N8O3S. The summed E-state index contributed by atoms with van der Waals surface area (Å²) in [6.45, 7) is 2.50. The molecule has 2 aromatic heterocycles. The molecule has 0 atom stereocenters. The molecule has 4 aromatic rings. The SMILES string of the molecule is O=C(NCc1ccccc1NS(=O)(=O)c1ccccc1)N1CCN(c2cncc3ncnn23)CC1. The van der Waals surface area contributed by atoms with Crippen LogP contribution in [0.2, 0.25) is 0 Å². The lowest BCUT2D eigenvalue weighted by Gasteiger charge is -2.35. The van der Waals surface area contributed by atoms with E-state index in [1.807, 2.05) is 0 Å². The van der Waals surface area contributed by atoms with E-state index in [4.69, 9.17) is 0 Å². The minimum atomic E-state index is -3.73. The Hall–Kier alpha value is -4.19. The Labute approximate surface area is 202 Å². The number of carbonyl (C=O) groups excluding carboxylic acids is 1. The van der Waals surface area contributed by atoms with Crippen LogP contribution in [-0.4, -0.2) is 65.1 Å². The third kappa shape index (κ3) is 4.87. The van der Waals surface area contributed by atoms with Gasteiger partial charge < -0.3 is 15.1 Å². The first kappa shape index (κ1) is 22.6. The summed E-state index contributed by atoms with van der Waals surface area (Å²) in [6, 6.07) is 15.0. The number of fused-ring (bicyclic) bond motifs is 1. The largest absolute Gasteiger partial charge is 0.352 e. The van der Waals surface area contributed by atoms with Crippen molar-refractivity contribution >= 4 is 33.2 Å². The smallest absolute Gasteiger partial charge is 0.317 e. The molecule has 2 N–H and O–H groups in total. The normalized spacial score (nSPS) is 14.2. The molecule has 12 heteroatoms. The van der Waals surface area contributed by atoms with Gasteiger partial charge in [0.25, 0.3) is 10.0 Å². The molecule has 0 spiro atoms. The van der Waals surface area contributed by atoms with Crippen LogP contribution >= 0.6 is 0 Å². The first-order valence-corrected chi connectivity index (χ1v) is 12.6. The van der Waals surface area contributed by atoms with E-state index in [0.29, 0.717) is 43.1 Å². The molecule has 1 fully saturated rings. The van der Waals surface area contributed by atoms with E-state index in [9.17, 15) is 13.2 Å². The molecule has 0 saturated carbocycles. The molecule has 0 radical (unpaired) electrons. The number of sulfonamides is 1. The number of carbonyl (C=O) groups is 1. The predicted octanol–water partition coefficient (Wildman–Crippen LogP) is 1.96. The molecule has 0 aliphatic carbocycles. The van der Waals surface area contributed by atoms with E-state index in [0.717, 1.165) is 5.82 Å². The van der Waals surface area contributed by atoms with Crippen LogP contribution in [-0.2, 0) is 16.6 Å². The second kappa shape index (κ2) is 9.58. The summed E-state index contributed by atoms with van der Waals surface area (Å²) in [5.74, 6) is 0.833. The maximum Gasteiger partial charge on any atom is 0.317 e. The number of amides is 2. The van der Waals surface area contributed by atoms with Gasteiger partial charge in [0.1, 0.15) is 6.33 Å². The highest BCUT2D eigenvalue weighted by molar-refractivity contribution is 7.92. The molecule has 11 nitrogen and oxygen atoms in total. The van der Waals surface area contributed by atoms with Crippen LogP contribution in [0.1, 0.15) is 5.56 Å². The molecule has 1 saturated heterocycles. The van der Waals surface area contributed by atoms with Gasteiger partial charge >= 0.3 is 6.03 Å². The average molecular weight is 493 g/mol. The fourth-order valence-corrected chi connectivity index (χ4v) is 5.08. The van der Waals surface area contributed by atoms with Crippen molar-refractivity contribution in [1.82, 2.24) is 29.8 Å². The Kier molecular flexibility index (Phi) is 6.19. The van der Waals surface area contributed by atoms with Crippen LogP contribution < -0.4 is 14.9 Å². The molecule has 2 aromatic carbocycles. The van der Waals surface area contributed by atoms with E-state index in [1.165, 1.54) is 18.5 Å². The van der Waals surface area contributed by atoms with Gasteiger partial charge in [-0.2, -0.15) is 9.61 Å². The predicted molar refractivity (Wildman–Crippen MR) is 130 cm³/mol. The Morgan fingerprint density at radius 3 is 2.49 bits per heavy atom. The zero-order valence-corrected chi connectivity index (χ0v) is 19.6. The number of anilines is 2. The van der Waals surface area contributed by atoms with Crippen LogP contribution in [0.3, 0.4) is 0 Å². The third-order valence-corrected chi connectivity index (χ3v) is 7.19. The van der Waals surface area contributed by atoms with Crippen molar-refractivity contribution in [2.24, 2.45) is 0 Å². The quantitative estimate of drug-likeness (QED) is 0.422. The fraction of sp³-hybridized carbons (Fsp3) is 0.217. The number of rotatable bonds is 6. The second-order valence-electron chi connectivity index (χ2n) is 8.00. The summed E-state index contributed by atoms with van der Waals surface area (Å²) >= 11 is 0. The van der Waals surface area contributed by atoms with Gasteiger partial charge in [0, 0.05) is 32.7 Å². The Balaban J connectivity index is 1.20. The van der Waals surface area contributed by atoms with E-state index < -0.39 is 10.0 Å². The van der Waals surface area contributed by atoms with Crippen LogP contribution in [0.4, 0.5) is 16.3 Å². The second-order valence-corrected chi connectivity index (χ2v) is 9.69. The Morgan fingerprint density at radius 2 is 1.69 bits per heavy atom. The minimum absolute atomic E-state index is 0.175. The van der Waals surface area contributed by atoms with Gasteiger partial charge in [-0.25, -0.2) is 18.2 Å². The van der Waals surface area contributed by atoms with Gasteiger partial charge in [-0.05, 0) is 23.8 Å². The van der Waals surface area contributed by atoms with Crippen LogP contribution in [0.15, 0.2) is 78.2 Å². The number of para-hydroxylation sites is 1. The fourth-order valence-electron chi connectivity index (χ4n) is 3.95. The van der Waals surface area contributed by atoms with Gasteiger partial charge in [0.05, 0.1) is 23.0 Å². The summed E-state index contributed by atoms with van der Waals surface area (Å²) in [7, 11) is -3.73. The number of nitrogens with zero attached hydrogens (tertiary/aromatic N) is 6. The first-order valence-electron chi connectivity index (χ1n) is 11.1. The number of aromatic nitrogens is 4. The maximum absolute atomic E-state index is 12.8. The van der Waals surface area contributed by atoms with Gasteiger partial charge in [-0.15, -0.1) is 0 Å². The molecule has 5 rings (SSSR count). The Morgan fingerprint density at radius 1 is 0.943 bits per heavy atom. The summed E-state index contributed by atoms with van der Waals surface area (Å²) < 4.78 is 29.8. The number of piperazine rings is 1. The van der Waals surface area contributed by atoms with Crippen molar-refractivity contribution in [3.63, 3.8) is 0 Å². The van der Waals surface area contributed by atoms with Crippen molar-refractivity contribution in [2.75, 3.05) is 35.8 Å². The van der Waals surface area contributed by atoms with Gasteiger partial charge in [0.15, 0.2) is 11.5 Å². The lowest BCUT2D eigenvalue weighted by Crippen LogP contribution is -2.52. The molecule has 0 unspecified atom stereocenters. The average Bonchev–Trinajstić information content (AvgIpc) is 3.38. The topological polar surface area (TPSA) is 125 Å². The lowest BCUT2D eigenvalue weighted by atomic mass is 10.2. The molecule has 0 bridgehead atoms. The highest BCUT2D eigenvalue weighted by Crippen LogP contribution is 2.20. The monoisotopic (exact) mass is 492 g/mol. The Bertz CT molecular complexity index is 1430. The van der Waals surface area contributed by atoms with Crippen molar-refractivity contribution in [1.29, 1.82) is 0 Å². The van der Waals surface area contributed by atoms with E-state index in [1.54, 1.807) is 64.3 Å². The first-order chi connectivity index (χ1) is 17.0. The standard InChI is InChI=1S/C23H24N8O3S/c32-23(30-12-10-29(11-13-30)22-16-24-15-21-26-17-27-31(21)22)25-14-18-6-4-5-9-20(18)28-35(33,34)19-7-2-1-3-8-19/h1-9,15-17,28H,10-14H2,(H,25,32). The summed E-state index contributed by atoms with van der Waals surface area (Å²) in [6.07, 6.45) is 4.88. The molecule has 3 heterocycles. The zero-order valence-electron chi connectivity index (χ0n) is 18.8. The van der Waals surface area contributed by atoms with Crippen molar-refractivity contribution in [3.8, 4) is 0 Å². The van der Waals surface area contributed by atoms with Crippen LogP contribution in [0, 0.1) is 0 Å². The molecular weight excluding hydrogens is 468 g/mol. The van der Waals surface area contributed by atoms with Crippen LogP contribution in [0.25, 0.3) is 5.65 Å².